The van der Waals surface area contributed by atoms with Crippen molar-refractivity contribution in [3.05, 3.63) is 23.3 Å². The monoisotopic (exact) mass is 426 g/mol. The molecule has 2 heterocycles. The van der Waals surface area contributed by atoms with E-state index in [2.05, 4.69) is 0 Å². The number of fused-ring (bicyclic) bond motifs is 1. The highest BCUT2D eigenvalue weighted by molar-refractivity contribution is 5.88. The SMILES string of the molecule is CC1=C[C@H]2OC(=O)C(C)[C@@H]2CCC(C(=O)O[C@@H]2[C@@H](O)[C@H](O)O[C@H](CO)[C@H]2O)=CCC1. The van der Waals surface area contributed by atoms with Crippen LogP contribution < -0.4 is 0 Å². The molecule has 3 aliphatic rings. The van der Waals surface area contributed by atoms with Crippen LogP contribution in [0.4, 0.5) is 0 Å². The van der Waals surface area contributed by atoms with Crippen LogP contribution in [-0.4, -0.2) is 75.8 Å². The Labute approximate surface area is 174 Å². The number of aliphatic hydroxyl groups is 4. The summed E-state index contributed by atoms with van der Waals surface area (Å²) in [5, 5.41) is 39.4. The van der Waals surface area contributed by atoms with Gasteiger partial charge in [0, 0.05) is 11.5 Å². The third-order valence-corrected chi connectivity index (χ3v) is 6.16. The van der Waals surface area contributed by atoms with Crippen molar-refractivity contribution in [3.8, 4) is 0 Å². The van der Waals surface area contributed by atoms with Crippen molar-refractivity contribution in [2.24, 2.45) is 11.8 Å². The molecule has 8 atom stereocenters. The van der Waals surface area contributed by atoms with Crippen molar-refractivity contribution < 1.29 is 44.2 Å². The maximum atomic E-state index is 12.8. The molecule has 2 fully saturated rings. The van der Waals surface area contributed by atoms with E-state index in [1.54, 1.807) is 6.08 Å². The number of hydrogen-bond acceptors (Lipinski definition) is 9. The van der Waals surface area contributed by atoms with Gasteiger partial charge in [0.15, 0.2) is 12.4 Å². The first-order chi connectivity index (χ1) is 14.2. The number of hydrogen-bond donors (Lipinski definition) is 4. The molecule has 4 N–H and O–H groups in total. The van der Waals surface area contributed by atoms with E-state index in [0.29, 0.717) is 31.3 Å². The number of aliphatic hydroxyl groups excluding tert-OH is 4. The molecule has 2 aliphatic heterocycles. The van der Waals surface area contributed by atoms with Crippen molar-refractivity contribution in [2.45, 2.75) is 76.3 Å². The van der Waals surface area contributed by atoms with Gasteiger partial charge in [-0.1, -0.05) is 18.6 Å². The Balaban J connectivity index is 1.74. The van der Waals surface area contributed by atoms with Crippen LogP contribution in [0.1, 0.15) is 39.5 Å². The molecule has 1 aliphatic carbocycles. The van der Waals surface area contributed by atoms with Gasteiger partial charge in [-0.3, -0.25) is 4.79 Å². The molecule has 0 bridgehead atoms. The average molecular weight is 426 g/mol. The third-order valence-electron chi connectivity index (χ3n) is 6.16. The molecular weight excluding hydrogens is 396 g/mol. The fourth-order valence-electron chi connectivity index (χ4n) is 4.21. The van der Waals surface area contributed by atoms with Gasteiger partial charge in [-0.25, -0.2) is 4.79 Å². The van der Waals surface area contributed by atoms with Crippen LogP contribution in [0.5, 0.6) is 0 Å². The summed E-state index contributed by atoms with van der Waals surface area (Å²) >= 11 is 0. The Bertz CT molecular complexity index is 715. The summed E-state index contributed by atoms with van der Waals surface area (Å²) in [5.41, 5.74) is 1.43. The molecule has 1 unspecified atom stereocenters. The minimum absolute atomic E-state index is 0.0680. The molecule has 168 valence electrons. The van der Waals surface area contributed by atoms with E-state index in [9.17, 15) is 30.0 Å². The van der Waals surface area contributed by atoms with E-state index >= 15 is 0 Å². The van der Waals surface area contributed by atoms with Gasteiger partial charge < -0.3 is 34.6 Å². The molecule has 30 heavy (non-hydrogen) atoms. The van der Waals surface area contributed by atoms with Crippen LogP contribution in [0.25, 0.3) is 0 Å². The van der Waals surface area contributed by atoms with Gasteiger partial charge in [0.1, 0.15) is 24.4 Å². The fraction of sp³-hybridized carbons (Fsp3) is 0.714. The molecule has 0 aromatic rings. The summed E-state index contributed by atoms with van der Waals surface area (Å²) in [5.74, 6) is -1.32. The second-order valence-electron chi connectivity index (χ2n) is 8.27. The Hall–Kier alpha value is -1.78. The van der Waals surface area contributed by atoms with Gasteiger partial charge in [-0.15, -0.1) is 0 Å². The summed E-state index contributed by atoms with van der Waals surface area (Å²) in [7, 11) is 0. The molecule has 0 amide bonds. The lowest BCUT2D eigenvalue weighted by Crippen LogP contribution is -2.59. The second kappa shape index (κ2) is 9.57. The number of rotatable bonds is 3. The lowest BCUT2D eigenvalue weighted by atomic mass is 9.84. The predicted octanol–water partition coefficient (Wildman–Crippen LogP) is -0.0461. The molecule has 0 aromatic heterocycles. The van der Waals surface area contributed by atoms with E-state index in [4.69, 9.17) is 14.2 Å². The number of ether oxygens (including phenoxy) is 3. The molecule has 3 rings (SSSR count). The van der Waals surface area contributed by atoms with E-state index in [-0.39, 0.29) is 23.9 Å². The Morgan fingerprint density at radius 2 is 1.97 bits per heavy atom. The fourth-order valence-corrected chi connectivity index (χ4v) is 4.21. The van der Waals surface area contributed by atoms with Crippen LogP contribution in [0, 0.1) is 11.8 Å². The van der Waals surface area contributed by atoms with Gasteiger partial charge in [-0.2, -0.15) is 0 Å². The largest absolute Gasteiger partial charge is 0.458 e. The lowest BCUT2D eigenvalue weighted by Gasteiger charge is -2.39. The molecule has 2 saturated heterocycles. The highest BCUT2D eigenvalue weighted by Crippen LogP contribution is 2.35. The number of carbonyl (C=O) groups excluding carboxylic acids is 2. The minimum atomic E-state index is -1.70. The van der Waals surface area contributed by atoms with Crippen molar-refractivity contribution >= 4 is 11.9 Å². The van der Waals surface area contributed by atoms with Crippen LogP contribution in [-0.2, 0) is 23.8 Å². The maximum Gasteiger partial charge on any atom is 0.334 e. The zero-order valence-corrected chi connectivity index (χ0v) is 17.1. The van der Waals surface area contributed by atoms with Gasteiger partial charge in [-0.05, 0) is 38.7 Å². The zero-order valence-electron chi connectivity index (χ0n) is 17.1. The standard InChI is InChI=1S/C21H30O9/c1-10-4-3-5-12(6-7-13-11(2)19(25)28-14(13)8-10)20(26)30-18-16(23)15(9-22)29-21(27)17(18)24/h5,8,11,13-18,21-24,27H,3-4,6-7,9H2,1-2H3/t11?,13-,14+,15+,16+,17+,18-,21+/m0/s1. The van der Waals surface area contributed by atoms with E-state index < -0.39 is 43.3 Å². The summed E-state index contributed by atoms with van der Waals surface area (Å²) in [6, 6.07) is 0. The number of esters is 2. The summed E-state index contributed by atoms with van der Waals surface area (Å²) in [4.78, 5) is 24.8. The smallest absolute Gasteiger partial charge is 0.334 e. The third kappa shape index (κ3) is 4.76. The maximum absolute atomic E-state index is 12.8. The molecule has 0 spiro atoms. The Kier molecular flexibility index (Phi) is 7.30. The molecule has 0 saturated carbocycles. The molecule has 9 heteroatoms. The van der Waals surface area contributed by atoms with E-state index in [0.717, 1.165) is 5.57 Å². The number of allylic oxidation sites excluding steroid dienone is 2. The lowest BCUT2D eigenvalue weighted by molar-refractivity contribution is -0.289. The first-order valence-corrected chi connectivity index (χ1v) is 10.3. The first kappa shape index (κ1) is 22.9. The van der Waals surface area contributed by atoms with Gasteiger partial charge in [0.05, 0.1) is 12.5 Å². The van der Waals surface area contributed by atoms with E-state index in [1.807, 2.05) is 19.9 Å². The highest BCUT2D eigenvalue weighted by Gasteiger charge is 2.46. The zero-order chi connectivity index (χ0) is 22.0. The normalized spacial score (nSPS) is 40.0. The summed E-state index contributed by atoms with van der Waals surface area (Å²) < 4.78 is 15.7. The topological polar surface area (TPSA) is 143 Å². The van der Waals surface area contributed by atoms with Crippen molar-refractivity contribution in [1.82, 2.24) is 0 Å². The minimum Gasteiger partial charge on any atom is -0.458 e. The Morgan fingerprint density at radius 1 is 1.23 bits per heavy atom. The van der Waals surface area contributed by atoms with Gasteiger partial charge in [0.25, 0.3) is 0 Å². The quantitative estimate of drug-likeness (QED) is 0.361. The average Bonchev–Trinajstić information content (AvgIpc) is 2.97. The molecule has 0 radical (unpaired) electrons. The van der Waals surface area contributed by atoms with Crippen LogP contribution >= 0.6 is 0 Å². The molecule has 9 nitrogen and oxygen atoms in total. The van der Waals surface area contributed by atoms with Crippen LogP contribution in [0.15, 0.2) is 23.3 Å². The molecule has 0 aromatic carbocycles. The van der Waals surface area contributed by atoms with Crippen LogP contribution in [0.3, 0.4) is 0 Å². The number of carbonyl (C=O) groups is 2. The predicted molar refractivity (Wildman–Crippen MR) is 103 cm³/mol. The van der Waals surface area contributed by atoms with Gasteiger partial charge >= 0.3 is 11.9 Å². The first-order valence-electron chi connectivity index (χ1n) is 10.3. The Morgan fingerprint density at radius 3 is 2.67 bits per heavy atom. The summed E-state index contributed by atoms with van der Waals surface area (Å²) in [6.45, 7) is 3.16. The molecular formula is C21H30O9. The highest BCUT2D eigenvalue weighted by atomic mass is 16.7. The van der Waals surface area contributed by atoms with Gasteiger partial charge in [0.2, 0.25) is 0 Å². The van der Waals surface area contributed by atoms with Crippen molar-refractivity contribution in [2.75, 3.05) is 6.61 Å². The van der Waals surface area contributed by atoms with Crippen molar-refractivity contribution in [3.63, 3.8) is 0 Å². The van der Waals surface area contributed by atoms with Crippen LogP contribution in [0.2, 0.25) is 0 Å². The summed E-state index contributed by atoms with van der Waals surface area (Å²) in [6.07, 6.45) is -1.91. The van der Waals surface area contributed by atoms with E-state index in [1.165, 1.54) is 0 Å². The second-order valence-corrected chi connectivity index (χ2v) is 8.27. The van der Waals surface area contributed by atoms with Crippen molar-refractivity contribution in [1.29, 1.82) is 0 Å².